The van der Waals surface area contributed by atoms with Crippen molar-refractivity contribution < 1.29 is 4.79 Å². The molecule has 2 aromatic heterocycles. The number of nitrogens with zero attached hydrogens (tertiary/aromatic N) is 4. The van der Waals surface area contributed by atoms with Crippen LogP contribution in [0.2, 0.25) is 0 Å². The molecule has 0 fully saturated rings. The summed E-state index contributed by atoms with van der Waals surface area (Å²) in [5.74, 6) is 0.347. The zero-order valence-electron chi connectivity index (χ0n) is 11.1. The lowest BCUT2D eigenvalue weighted by molar-refractivity contribution is -0.127. The topological polar surface area (TPSA) is 50.5 Å². The molecular weight excluding hydrogens is 272 g/mol. The molecule has 6 heteroatoms. The van der Waals surface area contributed by atoms with Crippen LogP contribution >= 0.6 is 11.8 Å². The molecule has 2 rings (SSSR count). The maximum absolute atomic E-state index is 12.1. The van der Waals surface area contributed by atoms with Gasteiger partial charge in [0.15, 0.2) is 10.8 Å². The fraction of sp³-hybridized carbons (Fsp3) is 0.214. The summed E-state index contributed by atoms with van der Waals surface area (Å²) in [6.45, 7) is 8.35. The summed E-state index contributed by atoms with van der Waals surface area (Å²) in [6, 6.07) is 5.68. The number of hydrogen-bond acceptors (Lipinski definition) is 4. The van der Waals surface area contributed by atoms with Crippen LogP contribution in [0, 0.1) is 0 Å². The summed E-state index contributed by atoms with van der Waals surface area (Å²) in [6.07, 6.45) is 5.30. The van der Waals surface area contributed by atoms with Crippen molar-refractivity contribution in [3.05, 3.63) is 49.7 Å². The minimum absolute atomic E-state index is 0.0301. The highest BCUT2D eigenvalue weighted by atomic mass is 32.2. The number of carbonyl (C=O) groups excluding carboxylic acids is 1. The molecule has 2 heterocycles. The summed E-state index contributed by atoms with van der Waals surface area (Å²) in [5, 5.41) is 8.85. The Morgan fingerprint density at radius 1 is 1.30 bits per heavy atom. The monoisotopic (exact) mass is 288 g/mol. The van der Waals surface area contributed by atoms with Gasteiger partial charge in [0.1, 0.15) is 0 Å². The fourth-order valence-corrected chi connectivity index (χ4v) is 2.55. The van der Waals surface area contributed by atoms with Crippen LogP contribution in [0.4, 0.5) is 0 Å². The Morgan fingerprint density at radius 2 is 2.05 bits per heavy atom. The SMILES string of the molecule is C=CCN(CC=C)C(=O)CSc1nnc2ccccn12. The summed E-state index contributed by atoms with van der Waals surface area (Å²) >= 11 is 1.37. The summed E-state index contributed by atoms with van der Waals surface area (Å²) in [5.41, 5.74) is 0.775. The van der Waals surface area contributed by atoms with Gasteiger partial charge in [0.05, 0.1) is 5.75 Å². The molecule has 20 heavy (non-hydrogen) atoms. The Balaban J connectivity index is 2.02. The largest absolute Gasteiger partial charge is 0.335 e. The lowest BCUT2D eigenvalue weighted by Crippen LogP contribution is -2.32. The number of amides is 1. The van der Waals surface area contributed by atoms with Crippen molar-refractivity contribution in [2.24, 2.45) is 0 Å². The van der Waals surface area contributed by atoms with Crippen LogP contribution in [0.1, 0.15) is 0 Å². The first kappa shape index (κ1) is 14.3. The highest BCUT2D eigenvalue weighted by molar-refractivity contribution is 7.99. The van der Waals surface area contributed by atoms with Gasteiger partial charge in [-0.1, -0.05) is 30.0 Å². The molecule has 0 N–H and O–H groups in total. The van der Waals surface area contributed by atoms with Crippen molar-refractivity contribution in [2.75, 3.05) is 18.8 Å². The fourth-order valence-electron chi connectivity index (χ4n) is 1.73. The standard InChI is InChI=1S/C14H16N4OS/c1-3-8-17(9-4-2)13(19)11-20-14-16-15-12-7-5-6-10-18(12)14/h3-7,10H,1-2,8-9,11H2. The van der Waals surface area contributed by atoms with Crippen LogP contribution in [-0.4, -0.2) is 44.2 Å². The van der Waals surface area contributed by atoms with Crippen molar-refractivity contribution >= 4 is 23.3 Å². The molecule has 0 aliphatic rings. The number of thioether (sulfide) groups is 1. The molecule has 0 atom stereocenters. The second kappa shape index (κ2) is 6.91. The van der Waals surface area contributed by atoms with Crippen molar-refractivity contribution in [1.82, 2.24) is 19.5 Å². The van der Waals surface area contributed by atoms with Gasteiger partial charge < -0.3 is 4.90 Å². The molecule has 2 aromatic rings. The molecule has 0 unspecified atom stereocenters. The van der Waals surface area contributed by atoms with Gasteiger partial charge in [0.2, 0.25) is 5.91 Å². The number of carbonyl (C=O) groups is 1. The van der Waals surface area contributed by atoms with Gasteiger partial charge in [-0.15, -0.1) is 23.4 Å². The third-order valence-corrected chi connectivity index (χ3v) is 3.59. The second-order valence-corrected chi connectivity index (χ2v) is 5.02. The molecule has 0 radical (unpaired) electrons. The van der Waals surface area contributed by atoms with Crippen molar-refractivity contribution in [3.8, 4) is 0 Å². The molecule has 0 saturated heterocycles. The molecule has 0 spiro atoms. The van der Waals surface area contributed by atoms with Gasteiger partial charge in [-0.2, -0.15) is 0 Å². The van der Waals surface area contributed by atoms with Crippen molar-refractivity contribution in [2.45, 2.75) is 5.16 Å². The Labute approximate surface area is 122 Å². The molecule has 0 aliphatic carbocycles. The number of aromatic nitrogens is 3. The van der Waals surface area contributed by atoms with E-state index in [9.17, 15) is 4.79 Å². The van der Waals surface area contributed by atoms with Gasteiger partial charge in [-0.05, 0) is 12.1 Å². The Kier molecular flexibility index (Phi) is 4.95. The first-order valence-corrected chi connectivity index (χ1v) is 7.17. The van der Waals surface area contributed by atoms with Gasteiger partial charge in [0.25, 0.3) is 0 Å². The van der Waals surface area contributed by atoms with E-state index in [1.165, 1.54) is 11.8 Å². The Morgan fingerprint density at radius 3 is 2.75 bits per heavy atom. The van der Waals surface area contributed by atoms with E-state index in [0.717, 1.165) is 5.65 Å². The predicted molar refractivity (Wildman–Crippen MR) is 80.7 cm³/mol. The van der Waals surface area contributed by atoms with Crippen molar-refractivity contribution in [3.63, 3.8) is 0 Å². The molecule has 0 bridgehead atoms. The lowest BCUT2D eigenvalue weighted by Gasteiger charge is -2.18. The van der Waals surface area contributed by atoms with E-state index in [0.29, 0.717) is 24.0 Å². The molecule has 0 aliphatic heterocycles. The van der Waals surface area contributed by atoms with E-state index in [2.05, 4.69) is 23.4 Å². The molecule has 0 saturated carbocycles. The minimum Gasteiger partial charge on any atom is -0.335 e. The normalized spacial score (nSPS) is 10.4. The smallest absolute Gasteiger partial charge is 0.233 e. The third kappa shape index (κ3) is 3.27. The summed E-state index contributed by atoms with van der Waals surface area (Å²) < 4.78 is 1.86. The Bertz CT molecular complexity index is 612. The lowest BCUT2D eigenvalue weighted by atomic mass is 10.4. The van der Waals surface area contributed by atoms with Crippen LogP contribution in [0.5, 0.6) is 0 Å². The summed E-state index contributed by atoms with van der Waals surface area (Å²) in [4.78, 5) is 13.8. The molecule has 104 valence electrons. The third-order valence-electron chi connectivity index (χ3n) is 2.66. The maximum Gasteiger partial charge on any atom is 0.233 e. The first-order valence-electron chi connectivity index (χ1n) is 6.18. The molecular formula is C14H16N4OS. The van der Waals surface area contributed by atoms with Crippen LogP contribution in [0.3, 0.4) is 0 Å². The molecule has 5 nitrogen and oxygen atoms in total. The van der Waals surface area contributed by atoms with E-state index in [1.807, 2.05) is 28.8 Å². The predicted octanol–water partition coefficient (Wildman–Crippen LogP) is 2.02. The minimum atomic E-state index is 0.0301. The highest BCUT2D eigenvalue weighted by Gasteiger charge is 2.13. The average Bonchev–Trinajstić information content (AvgIpc) is 2.88. The van der Waals surface area contributed by atoms with Gasteiger partial charge in [0, 0.05) is 19.3 Å². The first-order chi connectivity index (χ1) is 9.76. The zero-order valence-corrected chi connectivity index (χ0v) is 11.9. The highest BCUT2D eigenvalue weighted by Crippen LogP contribution is 2.17. The Hall–Kier alpha value is -2.08. The van der Waals surface area contributed by atoms with E-state index >= 15 is 0 Å². The van der Waals surface area contributed by atoms with Gasteiger partial charge in [-0.3, -0.25) is 9.20 Å². The van der Waals surface area contributed by atoms with E-state index in [-0.39, 0.29) is 5.91 Å². The van der Waals surface area contributed by atoms with E-state index < -0.39 is 0 Å². The van der Waals surface area contributed by atoms with Crippen LogP contribution < -0.4 is 0 Å². The van der Waals surface area contributed by atoms with Crippen LogP contribution in [0.15, 0.2) is 54.9 Å². The number of pyridine rings is 1. The quantitative estimate of drug-likeness (QED) is 0.578. The van der Waals surface area contributed by atoms with Crippen LogP contribution in [0.25, 0.3) is 5.65 Å². The van der Waals surface area contributed by atoms with Crippen LogP contribution in [-0.2, 0) is 4.79 Å². The zero-order chi connectivity index (χ0) is 14.4. The molecule has 1 amide bonds. The molecule has 0 aromatic carbocycles. The average molecular weight is 288 g/mol. The number of rotatable bonds is 7. The van der Waals surface area contributed by atoms with Gasteiger partial charge in [-0.25, -0.2) is 0 Å². The number of fused-ring (bicyclic) bond motifs is 1. The van der Waals surface area contributed by atoms with Crippen molar-refractivity contribution in [1.29, 1.82) is 0 Å². The summed E-state index contributed by atoms with van der Waals surface area (Å²) in [7, 11) is 0. The number of hydrogen-bond donors (Lipinski definition) is 0. The van der Waals surface area contributed by atoms with E-state index in [4.69, 9.17) is 0 Å². The maximum atomic E-state index is 12.1. The second-order valence-electron chi connectivity index (χ2n) is 4.08. The van der Waals surface area contributed by atoms with Gasteiger partial charge >= 0.3 is 0 Å². The van der Waals surface area contributed by atoms with E-state index in [1.54, 1.807) is 17.1 Å².